The summed E-state index contributed by atoms with van der Waals surface area (Å²) in [7, 11) is 0. The lowest BCUT2D eigenvalue weighted by Gasteiger charge is -2.05. The lowest BCUT2D eigenvalue weighted by Crippen LogP contribution is -2.13. The fraction of sp³-hybridized carbons (Fsp3) is 0.100. The molecule has 25 heavy (non-hydrogen) atoms. The Morgan fingerprint density at radius 2 is 1.80 bits per heavy atom. The third kappa shape index (κ3) is 2.98. The maximum absolute atomic E-state index is 9.55. The van der Waals surface area contributed by atoms with Gasteiger partial charge in [0.25, 0.3) is 0 Å². The molecular formula is C20H15N3O2. The average molecular weight is 329 g/mol. The van der Waals surface area contributed by atoms with Crippen LogP contribution in [0, 0.1) is 11.3 Å². The van der Waals surface area contributed by atoms with Gasteiger partial charge in [-0.2, -0.15) is 5.26 Å². The lowest BCUT2D eigenvalue weighted by atomic mass is 10.1. The van der Waals surface area contributed by atoms with Gasteiger partial charge in [0.1, 0.15) is 25.0 Å². The maximum atomic E-state index is 9.55. The highest BCUT2D eigenvalue weighted by molar-refractivity contribution is 5.99. The molecule has 0 aromatic heterocycles. The fourth-order valence-corrected chi connectivity index (χ4v) is 2.73. The van der Waals surface area contributed by atoms with Crippen LogP contribution in [0.5, 0.6) is 0 Å². The highest BCUT2D eigenvalue weighted by Crippen LogP contribution is 2.27. The van der Waals surface area contributed by atoms with Gasteiger partial charge in [0.2, 0.25) is 11.8 Å². The second-order valence-corrected chi connectivity index (χ2v) is 5.63. The van der Waals surface area contributed by atoms with Crippen LogP contribution in [0.3, 0.4) is 0 Å². The Kier molecular flexibility index (Phi) is 3.93. The molecule has 2 heterocycles. The first-order valence-electron chi connectivity index (χ1n) is 7.95. The van der Waals surface area contributed by atoms with Crippen LogP contribution in [0.4, 0.5) is 0 Å². The molecule has 0 radical (unpaired) electrons. The average Bonchev–Trinajstić information content (AvgIpc) is 3.35. The molecule has 122 valence electrons. The van der Waals surface area contributed by atoms with E-state index in [9.17, 15) is 5.26 Å². The van der Waals surface area contributed by atoms with Gasteiger partial charge in [-0.3, -0.25) is 0 Å². The van der Waals surface area contributed by atoms with E-state index < -0.39 is 0 Å². The van der Waals surface area contributed by atoms with Crippen molar-refractivity contribution in [2.75, 3.05) is 6.61 Å². The summed E-state index contributed by atoms with van der Waals surface area (Å²) in [6, 6.07) is 21.7. The van der Waals surface area contributed by atoms with Crippen molar-refractivity contribution in [2.45, 2.75) is 6.04 Å². The molecule has 2 aromatic carbocycles. The van der Waals surface area contributed by atoms with Crippen molar-refractivity contribution in [3.63, 3.8) is 0 Å². The second kappa shape index (κ2) is 6.54. The summed E-state index contributed by atoms with van der Waals surface area (Å²) in [5.74, 6) is 0.648. The van der Waals surface area contributed by atoms with Crippen LogP contribution < -0.4 is 5.32 Å². The molecule has 1 atom stereocenters. The summed E-state index contributed by atoms with van der Waals surface area (Å²) >= 11 is 0. The van der Waals surface area contributed by atoms with Crippen LogP contribution in [0.2, 0.25) is 0 Å². The Morgan fingerprint density at radius 3 is 2.52 bits per heavy atom. The third-order valence-corrected chi connectivity index (χ3v) is 4.02. The van der Waals surface area contributed by atoms with Crippen LogP contribution in [0.15, 0.2) is 83.4 Å². The van der Waals surface area contributed by atoms with Crippen LogP contribution in [0.25, 0.3) is 5.70 Å². The largest absolute Gasteiger partial charge is 0.474 e. The van der Waals surface area contributed by atoms with E-state index in [4.69, 9.17) is 9.47 Å². The number of hydrogen-bond acceptors (Lipinski definition) is 5. The molecule has 2 aromatic rings. The molecule has 0 fully saturated rings. The van der Waals surface area contributed by atoms with E-state index in [0.717, 1.165) is 16.8 Å². The summed E-state index contributed by atoms with van der Waals surface area (Å²) in [5, 5.41) is 12.7. The summed E-state index contributed by atoms with van der Waals surface area (Å²) in [6.45, 7) is 0.413. The van der Waals surface area contributed by atoms with Gasteiger partial charge < -0.3 is 14.8 Å². The van der Waals surface area contributed by atoms with Crippen molar-refractivity contribution >= 4 is 11.6 Å². The standard InChI is InChI=1S/C20H15N3O2/c21-11-16(19-22-17(12-24-19)14-7-3-1-4-8-14)20-23-18(13-25-20)15-9-5-2-6-10-15/h1-10,12,18,22H,13H2/t18-/m1/s1. The van der Waals surface area contributed by atoms with Gasteiger partial charge in [0.15, 0.2) is 5.57 Å². The molecular weight excluding hydrogens is 314 g/mol. The SMILES string of the molecule is N#CC(C1=N[C@@H](c2ccccc2)CO1)=C1NC(c2ccccc2)=CO1. The molecule has 1 N–H and O–H groups in total. The molecule has 5 heteroatoms. The predicted molar refractivity (Wildman–Crippen MR) is 93.8 cm³/mol. The van der Waals surface area contributed by atoms with E-state index >= 15 is 0 Å². The van der Waals surface area contributed by atoms with Crippen molar-refractivity contribution in [3.05, 3.63) is 89.5 Å². The van der Waals surface area contributed by atoms with Crippen LogP contribution in [0.1, 0.15) is 17.2 Å². The minimum absolute atomic E-state index is 0.108. The molecule has 0 spiro atoms. The Labute approximate surface area is 145 Å². The molecule has 2 aliphatic rings. The Bertz CT molecular complexity index is 909. The number of rotatable bonds is 3. The van der Waals surface area contributed by atoms with Gasteiger partial charge >= 0.3 is 0 Å². The first-order chi connectivity index (χ1) is 12.3. The lowest BCUT2D eigenvalue weighted by molar-refractivity contribution is 0.314. The smallest absolute Gasteiger partial charge is 0.233 e. The van der Waals surface area contributed by atoms with Crippen LogP contribution in [-0.4, -0.2) is 12.5 Å². The molecule has 0 unspecified atom stereocenters. The number of nitrogens with zero attached hydrogens (tertiary/aromatic N) is 2. The topological polar surface area (TPSA) is 66.6 Å². The number of nitriles is 1. The first-order valence-corrected chi connectivity index (χ1v) is 7.95. The minimum atomic E-state index is -0.108. The van der Waals surface area contributed by atoms with Gasteiger partial charge in [-0.25, -0.2) is 4.99 Å². The number of ether oxygens (including phenoxy) is 2. The molecule has 0 aliphatic carbocycles. The molecule has 0 saturated carbocycles. The molecule has 0 bridgehead atoms. The Morgan fingerprint density at radius 1 is 1.08 bits per heavy atom. The number of aliphatic imine (C=N–C) groups is 1. The highest BCUT2D eigenvalue weighted by Gasteiger charge is 2.28. The monoisotopic (exact) mass is 329 g/mol. The van der Waals surface area contributed by atoms with E-state index in [2.05, 4.69) is 16.4 Å². The normalized spacial score (nSPS) is 20.5. The molecule has 0 saturated heterocycles. The zero-order valence-electron chi connectivity index (χ0n) is 13.3. The first kappa shape index (κ1) is 15.0. The quantitative estimate of drug-likeness (QED) is 0.875. The van der Waals surface area contributed by atoms with Crippen molar-refractivity contribution in [1.29, 1.82) is 5.26 Å². The Hall–Kier alpha value is -3.52. The van der Waals surface area contributed by atoms with Gasteiger partial charge in [0, 0.05) is 5.56 Å². The minimum Gasteiger partial charge on any atom is -0.474 e. The predicted octanol–water partition coefficient (Wildman–Crippen LogP) is 3.51. The van der Waals surface area contributed by atoms with E-state index in [0.29, 0.717) is 18.4 Å². The van der Waals surface area contributed by atoms with E-state index in [1.54, 1.807) is 6.26 Å². The van der Waals surface area contributed by atoms with Gasteiger partial charge in [-0.15, -0.1) is 0 Å². The van der Waals surface area contributed by atoms with E-state index in [1.165, 1.54) is 0 Å². The maximum Gasteiger partial charge on any atom is 0.233 e. The second-order valence-electron chi connectivity index (χ2n) is 5.63. The van der Waals surface area contributed by atoms with Gasteiger partial charge in [-0.1, -0.05) is 60.7 Å². The van der Waals surface area contributed by atoms with Crippen LogP contribution >= 0.6 is 0 Å². The van der Waals surface area contributed by atoms with Crippen molar-refractivity contribution in [2.24, 2.45) is 4.99 Å². The van der Waals surface area contributed by atoms with Gasteiger partial charge in [0.05, 0.1) is 5.70 Å². The Balaban J connectivity index is 1.58. The summed E-state index contributed by atoms with van der Waals surface area (Å²) in [5.41, 5.74) is 3.09. The number of nitrogens with one attached hydrogen (secondary N) is 1. The van der Waals surface area contributed by atoms with Crippen molar-refractivity contribution in [1.82, 2.24) is 5.32 Å². The molecule has 0 amide bonds. The van der Waals surface area contributed by atoms with Crippen molar-refractivity contribution in [3.8, 4) is 6.07 Å². The zero-order valence-corrected chi connectivity index (χ0v) is 13.3. The number of hydrogen-bond donors (Lipinski definition) is 1. The van der Waals surface area contributed by atoms with Crippen molar-refractivity contribution < 1.29 is 9.47 Å². The van der Waals surface area contributed by atoms with E-state index in [1.807, 2.05) is 60.7 Å². The molecule has 5 nitrogen and oxygen atoms in total. The third-order valence-electron chi connectivity index (χ3n) is 4.02. The van der Waals surface area contributed by atoms with E-state index in [-0.39, 0.29) is 11.6 Å². The number of benzene rings is 2. The summed E-state index contributed by atoms with van der Waals surface area (Å²) in [6.07, 6.45) is 1.59. The fourth-order valence-electron chi connectivity index (χ4n) is 2.73. The van der Waals surface area contributed by atoms with Gasteiger partial charge in [-0.05, 0) is 5.56 Å². The summed E-state index contributed by atoms with van der Waals surface area (Å²) < 4.78 is 11.2. The summed E-state index contributed by atoms with van der Waals surface area (Å²) in [4.78, 5) is 4.54. The molecule has 2 aliphatic heterocycles. The molecule has 4 rings (SSSR count). The zero-order chi connectivity index (χ0) is 17.1. The highest BCUT2D eigenvalue weighted by atomic mass is 16.5. The van der Waals surface area contributed by atoms with Crippen LogP contribution in [-0.2, 0) is 9.47 Å².